The minimum absolute atomic E-state index is 0.0777. The third-order valence-corrected chi connectivity index (χ3v) is 5.06. The predicted molar refractivity (Wildman–Crippen MR) is 107 cm³/mol. The van der Waals surface area contributed by atoms with Crippen molar-refractivity contribution in [2.24, 2.45) is 0 Å². The van der Waals surface area contributed by atoms with Gasteiger partial charge in [0.05, 0.1) is 17.9 Å². The van der Waals surface area contributed by atoms with Gasteiger partial charge in [0, 0.05) is 12.1 Å². The van der Waals surface area contributed by atoms with Crippen LogP contribution in [0.5, 0.6) is 0 Å². The number of likely N-dealkylation sites (tertiary alicyclic amines) is 1. The van der Waals surface area contributed by atoms with Gasteiger partial charge in [-0.1, -0.05) is 30.3 Å². The Balaban J connectivity index is 1.48. The highest BCUT2D eigenvalue weighted by molar-refractivity contribution is 5.91. The van der Waals surface area contributed by atoms with Gasteiger partial charge in [-0.05, 0) is 56.1 Å². The van der Waals surface area contributed by atoms with Gasteiger partial charge < -0.3 is 5.32 Å². The van der Waals surface area contributed by atoms with Gasteiger partial charge >= 0.3 is 0 Å². The number of benzene rings is 2. The second kappa shape index (κ2) is 7.94. The highest BCUT2D eigenvalue weighted by Gasteiger charge is 2.27. The molecule has 2 heterocycles. The van der Waals surface area contributed by atoms with Gasteiger partial charge in [0.15, 0.2) is 0 Å². The number of nitrogens with one attached hydrogen (secondary N) is 1. The van der Waals surface area contributed by atoms with Crippen LogP contribution in [-0.2, 0) is 4.79 Å². The molecule has 0 saturated carbocycles. The topological polar surface area (TPSA) is 50.2 Å². The average Bonchev–Trinajstić information content (AvgIpc) is 3.29. The molecule has 0 bridgehead atoms. The second-order valence-corrected chi connectivity index (χ2v) is 7.15. The van der Waals surface area contributed by atoms with Crippen LogP contribution in [0, 0.1) is 12.7 Å². The molecule has 144 valence electrons. The zero-order valence-electron chi connectivity index (χ0n) is 15.8. The third kappa shape index (κ3) is 3.97. The van der Waals surface area contributed by atoms with Gasteiger partial charge in [0.1, 0.15) is 11.6 Å². The summed E-state index contributed by atoms with van der Waals surface area (Å²) < 4.78 is 14.8. The molecular formula is C22H23FN4O. The molecule has 0 radical (unpaired) electrons. The molecule has 1 aliphatic rings. The lowest BCUT2D eigenvalue weighted by Crippen LogP contribution is -2.33. The first-order chi connectivity index (χ1) is 13.6. The molecule has 1 unspecified atom stereocenters. The van der Waals surface area contributed by atoms with Crippen LogP contribution >= 0.6 is 0 Å². The Morgan fingerprint density at radius 3 is 2.68 bits per heavy atom. The van der Waals surface area contributed by atoms with Crippen molar-refractivity contribution in [3.05, 3.63) is 77.7 Å². The fourth-order valence-electron chi connectivity index (χ4n) is 3.80. The van der Waals surface area contributed by atoms with Crippen molar-refractivity contribution in [1.29, 1.82) is 0 Å². The summed E-state index contributed by atoms with van der Waals surface area (Å²) in [6.07, 6.45) is 2.14. The van der Waals surface area contributed by atoms with E-state index < -0.39 is 0 Å². The quantitative estimate of drug-likeness (QED) is 0.727. The molecule has 6 heteroatoms. The Kier molecular flexibility index (Phi) is 5.21. The number of aryl methyl sites for hydroxylation is 1. The average molecular weight is 378 g/mol. The minimum Gasteiger partial charge on any atom is -0.309 e. The fraction of sp³-hybridized carbons (Fsp3) is 0.273. The van der Waals surface area contributed by atoms with Crippen LogP contribution in [0.1, 0.15) is 30.1 Å². The van der Waals surface area contributed by atoms with Gasteiger partial charge in [0.2, 0.25) is 5.91 Å². The molecule has 0 spiro atoms. The SMILES string of the molecule is Cc1cc(NC(=O)CN2CCCC2c2ccccc2)n(-c2ccc(F)cc2)n1. The van der Waals surface area contributed by atoms with Crippen LogP contribution in [0.15, 0.2) is 60.7 Å². The van der Waals surface area contributed by atoms with Crippen molar-refractivity contribution >= 4 is 11.7 Å². The number of hydrogen-bond acceptors (Lipinski definition) is 3. The van der Waals surface area contributed by atoms with Gasteiger partial charge in [0.25, 0.3) is 0 Å². The van der Waals surface area contributed by atoms with E-state index in [2.05, 4.69) is 27.4 Å². The van der Waals surface area contributed by atoms with Crippen molar-refractivity contribution in [1.82, 2.24) is 14.7 Å². The number of carbonyl (C=O) groups is 1. The fourth-order valence-corrected chi connectivity index (χ4v) is 3.80. The number of aromatic nitrogens is 2. The zero-order chi connectivity index (χ0) is 19.5. The van der Waals surface area contributed by atoms with E-state index in [1.807, 2.05) is 31.2 Å². The molecular weight excluding hydrogens is 355 g/mol. The normalized spacial score (nSPS) is 17.0. The molecule has 1 N–H and O–H groups in total. The summed E-state index contributed by atoms with van der Waals surface area (Å²) in [5, 5.41) is 7.39. The summed E-state index contributed by atoms with van der Waals surface area (Å²) in [6, 6.07) is 18.5. The minimum atomic E-state index is -0.306. The first-order valence-electron chi connectivity index (χ1n) is 9.51. The molecule has 1 saturated heterocycles. The maximum absolute atomic E-state index is 13.2. The van der Waals surface area contributed by atoms with Crippen molar-refractivity contribution in [2.75, 3.05) is 18.4 Å². The number of rotatable bonds is 5. The molecule has 3 aromatic rings. The lowest BCUT2D eigenvalue weighted by atomic mass is 10.0. The Labute approximate surface area is 163 Å². The molecule has 4 rings (SSSR count). The van der Waals surface area contributed by atoms with E-state index in [-0.39, 0.29) is 17.8 Å². The van der Waals surface area contributed by atoms with Crippen molar-refractivity contribution in [2.45, 2.75) is 25.8 Å². The monoisotopic (exact) mass is 378 g/mol. The Hall–Kier alpha value is -2.99. The molecule has 1 aliphatic heterocycles. The number of nitrogens with zero attached hydrogens (tertiary/aromatic N) is 3. The molecule has 1 aromatic heterocycles. The Morgan fingerprint density at radius 2 is 1.93 bits per heavy atom. The third-order valence-electron chi connectivity index (χ3n) is 5.06. The molecule has 2 aromatic carbocycles. The number of hydrogen-bond donors (Lipinski definition) is 1. The first kappa shape index (κ1) is 18.4. The molecule has 1 amide bonds. The molecule has 1 atom stereocenters. The van der Waals surface area contributed by atoms with Gasteiger partial charge in [-0.3, -0.25) is 9.69 Å². The van der Waals surface area contributed by atoms with E-state index in [0.29, 0.717) is 18.1 Å². The largest absolute Gasteiger partial charge is 0.309 e. The summed E-state index contributed by atoms with van der Waals surface area (Å²) in [4.78, 5) is 15.0. The molecule has 0 aliphatic carbocycles. The predicted octanol–water partition coefficient (Wildman–Crippen LogP) is 4.10. The van der Waals surface area contributed by atoms with Crippen LogP contribution < -0.4 is 5.32 Å². The van der Waals surface area contributed by atoms with E-state index in [4.69, 9.17) is 0 Å². The highest BCUT2D eigenvalue weighted by Crippen LogP contribution is 2.31. The smallest absolute Gasteiger partial charge is 0.239 e. The summed E-state index contributed by atoms with van der Waals surface area (Å²) in [5.74, 6) is 0.204. The highest BCUT2D eigenvalue weighted by atomic mass is 19.1. The number of carbonyl (C=O) groups excluding carboxylic acids is 1. The van der Waals surface area contributed by atoms with Crippen LogP contribution in [0.2, 0.25) is 0 Å². The molecule has 5 nitrogen and oxygen atoms in total. The number of amides is 1. The summed E-state index contributed by atoms with van der Waals surface area (Å²) in [7, 11) is 0. The van der Waals surface area contributed by atoms with E-state index in [1.165, 1.54) is 17.7 Å². The maximum atomic E-state index is 13.2. The molecule has 28 heavy (non-hydrogen) atoms. The summed E-state index contributed by atoms with van der Waals surface area (Å²) in [6.45, 7) is 3.10. The van der Waals surface area contributed by atoms with Crippen LogP contribution in [0.3, 0.4) is 0 Å². The molecule has 1 fully saturated rings. The van der Waals surface area contributed by atoms with Gasteiger partial charge in [-0.2, -0.15) is 5.10 Å². The van der Waals surface area contributed by atoms with E-state index in [0.717, 1.165) is 25.1 Å². The van der Waals surface area contributed by atoms with Crippen molar-refractivity contribution in [3.8, 4) is 5.69 Å². The summed E-state index contributed by atoms with van der Waals surface area (Å²) >= 11 is 0. The maximum Gasteiger partial charge on any atom is 0.239 e. The lowest BCUT2D eigenvalue weighted by molar-refractivity contribution is -0.117. The number of anilines is 1. The van der Waals surface area contributed by atoms with E-state index in [9.17, 15) is 9.18 Å². The van der Waals surface area contributed by atoms with Gasteiger partial charge in [-0.15, -0.1) is 0 Å². The lowest BCUT2D eigenvalue weighted by Gasteiger charge is -2.24. The van der Waals surface area contributed by atoms with Crippen molar-refractivity contribution in [3.63, 3.8) is 0 Å². The van der Waals surface area contributed by atoms with Crippen LogP contribution in [-0.4, -0.2) is 33.7 Å². The Bertz CT molecular complexity index is 952. The van der Waals surface area contributed by atoms with Crippen LogP contribution in [0.25, 0.3) is 5.69 Å². The Morgan fingerprint density at radius 1 is 1.18 bits per heavy atom. The standard InChI is InChI=1S/C22H23FN4O/c1-16-14-21(27(25-16)19-11-9-18(23)10-12-19)24-22(28)15-26-13-5-8-20(26)17-6-3-2-4-7-17/h2-4,6-7,9-12,14,20H,5,8,13,15H2,1H3,(H,24,28). The van der Waals surface area contributed by atoms with Crippen molar-refractivity contribution < 1.29 is 9.18 Å². The zero-order valence-corrected chi connectivity index (χ0v) is 15.8. The van der Waals surface area contributed by atoms with Gasteiger partial charge in [-0.25, -0.2) is 9.07 Å². The summed E-state index contributed by atoms with van der Waals surface area (Å²) in [5.41, 5.74) is 2.73. The first-order valence-corrected chi connectivity index (χ1v) is 9.51. The number of halogens is 1. The van der Waals surface area contributed by atoms with E-state index in [1.54, 1.807) is 16.8 Å². The van der Waals surface area contributed by atoms with Crippen LogP contribution in [0.4, 0.5) is 10.2 Å². The van der Waals surface area contributed by atoms with E-state index >= 15 is 0 Å². The second-order valence-electron chi connectivity index (χ2n) is 7.15.